The van der Waals surface area contributed by atoms with Crippen LogP contribution in [0.4, 0.5) is 4.39 Å². The van der Waals surface area contributed by atoms with Crippen LogP contribution < -0.4 is 0 Å². The number of fused-ring (bicyclic) bond motifs is 5. The molecule has 3 aliphatic carbocycles. The Hall–Kier alpha value is -2.00. The fraction of sp³-hybridized carbons (Fsp3) is 0.417. The van der Waals surface area contributed by atoms with E-state index < -0.39 is 11.7 Å². The van der Waals surface area contributed by atoms with E-state index in [1.54, 1.807) is 6.07 Å². The largest absolute Gasteiger partial charge is 0.298 e. The molecule has 0 radical (unpaired) electrons. The van der Waals surface area contributed by atoms with Crippen molar-refractivity contribution in [2.75, 3.05) is 0 Å². The molecule has 4 heteroatoms. The van der Waals surface area contributed by atoms with E-state index in [1.807, 2.05) is 25.1 Å². The van der Waals surface area contributed by atoms with Crippen LogP contribution in [0.25, 0.3) is 11.1 Å². The van der Waals surface area contributed by atoms with Crippen LogP contribution in [0.2, 0.25) is 5.02 Å². The molecule has 0 aromatic heterocycles. The van der Waals surface area contributed by atoms with Crippen molar-refractivity contribution in [2.45, 2.75) is 38.5 Å². The molecule has 0 amide bonds. The van der Waals surface area contributed by atoms with Gasteiger partial charge in [-0.3, -0.25) is 9.59 Å². The second-order valence-electron chi connectivity index (χ2n) is 8.52. The average Bonchev–Trinajstić information content (AvgIpc) is 3.37. The van der Waals surface area contributed by atoms with Gasteiger partial charge in [0.15, 0.2) is 11.6 Å². The Kier molecular flexibility index (Phi) is 4.20. The van der Waals surface area contributed by atoms with Gasteiger partial charge >= 0.3 is 0 Å². The van der Waals surface area contributed by atoms with Crippen molar-refractivity contribution < 1.29 is 14.0 Å². The quantitative estimate of drug-likeness (QED) is 0.632. The lowest BCUT2D eigenvalue weighted by Gasteiger charge is -2.21. The Balaban J connectivity index is 1.58. The van der Waals surface area contributed by atoms with Crippen LogP contribution in [0, 0.1) is 29.5 Å². The molecule has 0 saturated heterocycles. The number of carbonyl (C=O) groups excluding carboxylic acids is 2. The molecular formula is C24H22ClFO2. The number of carbonyl (C=O) groups is 2. The zero-order valence-electron chi connectivity index (χ0n) is 15.8. The summed E-state index contributed by atoms with van der Waals surface area (Å²) >= 11 is 5.81. The third kappa shape index (κ3) is 2.52. The van der Waals surface area contributed by atoms with E-state index in [2.05, 4.69) is 0 Å². The van der Waals surface area contributed by atoms with E-state index in [-0.39, 0.29) is 28.4 Å². The first-order valence-electron chi connectivity index (χ1n) is 10.1. The standard InChI is InChI=1S/C24H22ClFO2/c1-2-12-3-4-13(14-7-8-18(25)19(26)11-14)10-17(12)22-23(27)20-15-5-6-16(9-15)21(20)24(22)28/h3-4,7-8,10-11,15-16,20-22H,2,5-6,9H2,1H3. The Bertz CT molecular complexity index is 970. The van der Waals surface area contributed by atoms with Gasteiger partial charge in [0.25, 0.3) is 0 Å². The molecule has 0 spiro atoms. The molecule has 2 aromatic carbocycles. The van der Waals surface area contributed by atoms with E-state index >= 15 is 0 Å². The van der Waals surface area contributed by atoms with E-state index in [4.69, 9.17) is 11.6 Å². The molecule has 0 aliphatic heterocycles. The topological polar surface area (TPSA) is 34.1 Å². The fourth-order valence-corrected chi connectivity index (χ4v) is 6.10. The summed E-state index contributed by atoms with van der Waals surface area (Å²) in [6.07, 6.45) is 3.97. The molecule has 2 nitrogen and oxygen atoms in total. The maximum Gasteiger partial charge on any atom is 0.151 e. The van der Waals surface area contributed by atoms with Gasteiger partial charge in [-0.15, -0.1) is 0 Å². The van der Waals surface area contributed by atoms with Crippen LogP contribution in [-0.4, -0.2) is 11.6 Å². The van der Waals surface area contributed by atoms with Gasteiger partial charge in [-0.2, -0.15) is 0 Å². The zero-order valence-corrected chi connectivity index (χ0v) is 16.5. The lowest BCUT2D eigenvalue weighted by atomic mass is 9.81. The average molecular weight is 397 g/mol. The van der Waals surface area contributed by atoms with Crippen molar-refractivity contribution in [1.29, 1.82) is 0 Å². The monoisotopic (exact) mass is 396 g/mol. The van der Waals surface area contributed by atoms with Gasteiger partial charge in [-0.05, 0) is 78.0 Å². The van der Waals surface area contributed by atoms with Crippen molar-refractivity contribution in [3.05, 3.63) is 58.4 Å². The Morgan fingerprint density at radius 1 is 0.964 bits per heavy atom. The van der Waals surface area contributed by atoms with Gasteiger partial charge < -0.3 is 0 Å². The normalized spacial score (nSPS) is 30.9. The number of rotatable bonds is 3. The molecule has 4 unspecified atom stereocenters. The molecule has 3 fully saturated rings. The lowest BCUT2D eigenvalue weighted by molar-refractivity contribution is -0.125. The van der Waals surface area contributed by atoms with E-state index in [0.717, 1.165) is 42.4 Å². The summed E-state index contributed by atoms with van der Waals surface area (Å²) < 4.78 is 13.9. The van der Waals surface area contributed by atoms with Gasteiger partial charge in [0, 0.05) is 11.8 Å². The molecule has 4 atom stereocenters. The second kappa shape index (κ2) is 6.52. The SMILES string of the molecule is CCc1ccc(-c2ccc(Cl)c(F)c2)cc1C1C(=O)C2C3CCC(C3)C2C1=O. The molecule has 3 saturated carbocycles. The number of Topliss-reactive ketones (excluding diaryl/α,β-unsaturated/α-hetero) is 2. The summed E-state index contributed by atoms with van der Waals surface area (Å²) in [5.41, 5.74) is 3.35. The minimum atomic E-state index is -0.648. The number of halogens is 2. The van der Waals surface area contributed by atoms with Crippen molar-refractivity contribution in [3.8, 4) is 11.1 Å². The Morgan fingerprint density at radius 2 is 1.57 bits per heavy atom. The van der Waals surface area contributed by atoms with Crippen LogP contribution in [0.15, 0.2) is 36.4 Å². The molecule has 144 valence electrons. The summed E-state index contributed by atoms with van der Waals surface area (Å²) in [5, 5.41) is 0.0820. The van der Waals surface area contributed by atoms with Crippen molar-refractivity contribution in [2.24, 2.45) is 23.7 Å². The van der Waals surface area contributed by atoms with E-state index in [0.29, 0.717) is 17.4 Å². The zero-order chi connectivity index (χ0) is 19.6. The number of hydrogen-bond acceptors (Lipinski definition) is 2. The highest BCUT2D eigenvalue weighted by atomic mass is 35.5. The van der Waals surface area contributed by atoms with Crippen LogP contribution in [0.3, 0.4) is 0 Å². The summed E-state index contributed by atoms with van der Waals surface area (Å²) in [5.74, 6) is -0.224. The number of aryl methyl sites for hydroxylation is 1. The van der Waals surface area contributed by atoms with Crippen molar-refractivity contribution in [1.82, 2.24) is 0 Å². The highest BCUT2D eigenvalue weighted by Crippen LogP contribution is 2.59. The van der Waals surface area contributed by atoms with Gasteiger partial charge in [0.2, 0.25) is 0 Å². The van der Waals surface area contributed by atoms with Gasteiger partial charge in [-0.1, -0.05) is 36.7 Å². The number of hydrogen-bond donors (Lipinski definition) is 0. The number of benzene rings is 2. The summed E-state index contributed by atoms with van der Waals surface area (Å²) in [6.45, 7) is 2.04. The first kappa shape index (κ1) is 18.1. The van der Waals surface area contributed by atoms with Gasteiger partial charge in [0.1, 0.15) is 11.7 Å². The minimum absolute atomic E-state index is 0.0717. The predicted molar refractivity (Wildman–Crippen MR) is 107 cm³/mol. The summed E-state index contributed by atoms with van der Waals surface area (Å²) in [7, 11) is 0. The van der Waals surface area contributed by atoms with E-state index in [1.165, 1.54) is 12.1 Å². The van der Waals surface area contributed by atoms with E-state index in [9.17, 15) is 14.0 Å². The molecule has 2 aromatic rings. The first-order valence-corrected chi connectivity index (χ1v) is 10.5. The minimum Gasteiger partial charge on any atom is -0.298 e. The molecule has 28 heavy (non-hydrogen) atoms. The highest BCUT2D eigenvalue weighted by Gasteiger charge is 2.61. The van der Waals surface area contributed by atoms with Crippen LogP contribution in [0.1, 0.15) is 43.2 Å². The molecule has 2 bridgehead atoms. The van der Waals surface area contributed by atoms with Gasteiger partial charge in [-0.25, -0.2) is 4.39 Å². The second-order valence-corrected chi connectivity index (χ2v) is 8.93. The fourth-order valence-electron chi connectivity index (χ4n) is 5.98. The van der Waals surface area contributed by atoms with Crippen molar-refractivity contribution >= 4 is 23.2 Å². The Labute approximate surface area is 169 Å². The lowest BCUT2D eigenvalue weighted by Crippen LogP contribution is -2.24. The predicted octanol–water partition coefficient (Wildman–Crippen LogP) is 5.61. The smallest absolute Gasteiger partial charge is 0.151 e. The molecular weight excluding hydrogens is 375 g/mol. The maximum absolute atomic E-state index is 13.9. The summed E-state index contributed by atoms with van der Waals surface area (Å²) in [4.78, 5) is 26.6. The molecule has 0 N–H and O–H groups in total. The third-order valence-corrected chi connectivity index (χ3v) is 7.54. The first-order chi connectivity index (χ1) is 13.5. The van der Waals surface area contributed by atoms with Crippen LogP contribution in [0.5, 0.6) is 0 Å². The number of ketones is 2. The van der Waals surface area contributed by atoms with Crippen LogP contribution >= 0.6 is 11.6 Å². The summed E-state index contributed by atoms with van der Waals surface area (Å²) in [6, 6.07) is 10.5. The maximum atomic E-state index is 13.9. The van der Waals surface area contributed by atoms with Gasteiger partial charge in [0.05, 0.1) is 5.02 Å². The highest BCUT2D eigenvalue weighted by molar-refractivity contribution is 6.30. The molecule has 5 rings (SSSR count). The molecule has 0 heterocycles. The molecule has 3 aliphatic rings. The van der Waals surface area contributed by atoms with Crippen molar-refractivity contribution in [3.63, 3.8) is 0 Å². The van der Waals surface area contributed by atoms with Crippen LogP contribution in [-0.2, 0) is 16.0 Å². The third-order valence-electron chi connectivity index (χ3n) is 7.23. The Morgan fingerprint density at radius 3 is 2.18 bits per heavy atom.